The number of rotatable bonds is 2. The molecule has 6 heteroatoms. The molecule has 2 rings (SSSR count). The Morgan fingerprint density at radius 3 is 2.63 bits per heavy atom. The zero-order chi connectivity index (χ0) is 13.3. The van der Waals surface area contributed by atoms with E-state index in [1.54, 1.807) is 18.2 Å². The SMILES string of the molecule is CC(N)C1CCN(C(=O)c2ccc(Cl)c(Cl)c2)C1.Cl. The summed E-state index contributed by atoms with van der Waals surface area (Å²) < 4.78 is 0. The number of carbonyl (C=O) groups is 1. The van der Waals surface area contributed by atoms with Crippen LogP contribution in [0.5, 0.6) is 0 Å². The highest BCUT2D eigenvalue weighted by molar-refractivity contribution is 6.42. The van der Waals surface area contributed by atoms with E-state index >= 15 is 0 Å². The Labute approximate surface area is 129 Å². The van der Waals surface area contributed by atoms with Crippen LogP contribution in [0.15, 0.2) is 18.2 Å². The summed E-state index contributed by atoms with van der Waals surface area (Å²) in [4.78, 5) is 14.1. The molecular weight excluding hydrogens is 307 g/mol. The smallest absolute Gasteiger partial charge is 0.253 e. The number of benzene rings is 1. The van der Waals surface area contributed by atoms with Crippen molar-refractivity contribution in [2.75, 3.05) is 13.1 Å². The normalized spacial score (nSPS) is 20.0. The van der Waals surface area contributed by atoms with Gasteiger partial charge in [0.05, 0.1) is 10.0 Å². The van der Waals surface area contributed by atoms with Gasteiger partial charge in [0.1, 0.15) is 0 Å². The Kier molecular flexibility index (Phi) is 5.93. The Bertz CT molecular complexity index is 465. The maximum atomic E-state index is 12.3. The molecule has 1 aliphatic rings. The summed E-state index contributed by atoms with van der Waals surface area (Å²) in [6.45, 7) is 3.46. The number of nitrogens with zero attached hydrogens (tertiary/aromatic N) is 1. The molecule has 3 nitrogen and oxygen atoms in total. The number of amides is 1. The molecule has 1 amide bonds. The highest BCUT2D eigenvalue weighted by atomic mass is 35.5. The Hall–Kier alpha value is -0.480. The van der Waals surface area contributed by atoms with Gasteiger partial charge < -0.3 is 10.6 Å². The van der Waals surface area contributed by atoms with Gasteiger partial charge in [0.2, 0.25) is 0 Å². The van der Waals surface area contributed by atoms with E-state index in [-0.39, 0.29) is 24.4 Å². The fraction of sp³-hybridized carbons (Fsp3) is 0.462. The van der Waals surface area contributed by atoms with Crippen molar-refractivity contribution in [1.29, 1.82) is 0 Å². The van der Waals surface area contributed by atoms with Crippen LogP contribution in [-0.4, -0.2) is 29.9 Å². The lowest BCUT2D eigenvalue weighted by atomic mass is 10.0. The van der Waals surface area contributed by atoms with Crippen LogP contribution in [0, 0.1) is 5.92 Å². The van der Waals surface area contributed by atoms with Crippen molar-refractivity contribution >= 4 is 41.5 Å². The average molecular weight is 324 g/mol. The van der Waals surface area contributed by atoms with Crippen LogP contribution in [0.3, 0.4) is 0 Å². The van der Waals surface area contributed by atoms with Crippen LogP contribution in [-0.2, 0) is 0 Å². The fourth-order valence-electron chi connectivity index (χ4n) is 2.21. The van der Waals surface area contributed by atoms with E-state index in [1.165, 1.54) is 0 Å². The lowest BCUT2D eigenvalue weighted by Crippen LogP contribution is -2.33. The molecule has 0 bridgehead atoms. The summed E-state index contributed by atoms with van der Waals surface area (Å²) in [5.41, 5.74) is 6.44. The van der Waals surface area contributed by atoms with E-state index < -0.39 is 0 Å². The first-order chi connectivity index (χ1) is 8.49. The van der Waals surface area contributed by atoms with Crippen molar-refractivity contribution in [1.82, 2.24) is 4.90 Å². The van der Waals surface area contributed by atoms with Gasteiger partial charge in [0.15, 0.2) is 0 Å². The first-order valence-corrected chi connectivity index (χ1v) is 6.74. The van der Waals surface area contributed by atoms with E-state index in [0.717, 1.165) is 19.5 Å². The van der Waals surface area contributed by atoms with Gasteiger partial charge in [-0.3, -0.25) is 4.79 Å². The topological polar surface area (TPSA) is 46.3 Å². The van der Waals surface area contributed by atoms with Gasteiger partial charge >= 0.3 is 0 Å². The predicted octanol–water partition coefficient (Wildman–Crippen LogP) is 3.22. The van der Waals surface area contributed by atoms with E-state index in [1.807, 2.05) is 11.8 Å². The van der Waals surface area contributed by atoms with Gasteiger partial charge in [0.25, 0.3) is 5.91 Å². The molecule has 0 aromatic heterocycles. The van der Waals surface area contributed by atoms with Crippen LogP contribution in [0.4, 0.5) is 0 Å². The second kappa shape index (κ2) is 6.80. The molecule has 0 aliphatic carbocycles. The fourth-order valence-corrected chi connectivity index (χ4v) is 2.51. The van der Waals surface area contributed by atoms with Crippen molar-refractivity contribution in [3.8, 4) is 0 Å². The van der Waals surface area contributed by atoms with Gasteiger partial charge in [-0.2, -0.15) is 0 Å². The Morgan fingerprint density at radius 1 is 1.42 bits per heavy atom. The summed E-state index contributed by atoms with van der Waals surface area (Å²) in [7, 11) is 0. The molecule has 106 valence electrons. The van der Waals surface area contributed by atoms with Crippen molar-refractivity contribution in [3.05, 3.63) is 33.8 Å². The first-order valence-electron chi connectivity index (χ1n) is 5.99. The largest absolute Gasteiger partial charge is 0.338 e. The van der Waals surface area contributed by atoms with Crippen LogP contribution >= 0.6 is 35.6 Å². The van der Waals surface area contributed by atoms with Gasteiger partial charge in [0, 0.05) is 24.7 Å². The minimum atomic E-state index is -0.00304. The second-order valence-electron chi connectivity index (χ2n) is 4.79. The van der Waals surface area contributed by atoms with Crippen LogP contribution in [0.1, 0.15) is 23.7 Å². The molecule has 19 heavy (non-hydrogen) atoms. The zero-order valence-corrected chi connectivity index (χ0v) is 12.9. The predicted molar refractivity (Wildman–Crippen MR) is 81.4 cm³/mol. The molecule has 0 spiro atoms. The number of nitrogens with two attached hydrogens (primary N) is 1. The minimum Gasteiger partial charge on any atom is -0.338 e. The summed E-state index contributed by atoms with van der Waals surface area (Å²) in [6.07, 6.45) is 0.963. The summed E-state index contributed by atoms with van der Waals surface area (Å²) in [5, 5.41) is 0.869. The standard InChI is InChI=1S/C13H16Cl2N2O.ClH/c1-8(16)10-4-5-17(7-10)13(18)9-2-3-11(14)12(15)6-9;/h2-3,6,8,10H,4-5,7,16H2,1H3;1H. The number of halogens is 3. The monoisotopic (exact) mass is 322 g/mol. The zero-order valence-electron chi connectivity index (χ0n) is 10.6. The summed E-state index contributed by atoms with van der Waals surface area (Å²) >= 11 is 11.8. The minimum absolute atomic E-state index is 0. The van der Waals surface area contributed by atoms with Gasteiger partial charge in [-0.25, -0.2) is 0 Å². The molecule has 1 fully saturated rings. The van der Waals surface area contributed by atoms with Crippen molar-refractivity contribution in [2.45, 2.75) is 19.4 Å². The average Bonchev–Trinajstić information content (AvgIpc) is 2.81. The lowest BCUT2D eigenvalue weighted by Gasteiger charge is -2.18. The van der Waals surface area contributed by atoms with Gasteiger partial charge in [-0.1, -0.05) is 23.2 Å². The van der Waals surface area contributed by atoms with Crippen LogP contribution < -0.4 is 5.73 Å². The molecule has 1 aromatic rings. The Morgan fingerprint density at radius 2 is 2.11 bits per heavy atom. The molecular formula is C13H17Cl3N2O. The van der Waals surface area contributed by atoms with Crippen LogP contribution in [0.2, 0.25) is 10.0 Å². The Balaban J connectivity index is 0.00000180. The molecule has 1 aliphatic heterocycles. The molecule has 0 saturated carbocycles. The van der Waals surface area contributed by atoms with E-state index in [0.29, 0.717) is 21.5 Å². The molecule has 1 aromatic carbocycles. The summed E-state index contributed by atoms with van der Waals surface area (Å²) in [5.74, 6) is 0.383. The highest BCUT2D eigenvalue weighted by Gasteiger charge is 2.29. The van der Waals surface area contributed by atoms with Gasteiger partial charge in [-0.05, 0) is 37.5 Å². The van der Waals surface area contributed by atoms with E-state index in [2.05, 4.69) is 0 Å². The van der Waals surface area contributed by atoms with Crippen molar-refractivity contribution < 1.29 is 4.79 Å². The quantitative estimate of drug-likeness (QED) is 0.908. The van der Waals surface area contributed by atoms with Crippen LogP contribution in [0.25, 0.3) is 0 Å². The van der Waals surface area contributed by atoms with E-state index in [4.69, 9.17) is 28.9 Å². The van der Waals surface area contributed by atoms with E-state index in [9.17, 15) is 4.79 Å². The third kappa shape index (κ3) is 3.76. The molecule has 1 saturated heterocycles. The second-order valence-corrected chi connectivity index (χ2v) is 5.60. The highest BCUT2D eigenvalue weighted by Crippen LogP contribution is 2.25. The number of hydrogen-bond donors (Lipinski definition) is 1. The number of likely N-dealkylation sites (tertiary alicyclic amines) is 1. The third-order valence-corrected chi connectivity index (χ3v) is 4.16. The van der Waals surface area contributed by atoms with Crippen molar-refractivity contribution in [3.63, 3.8) is 0 Å². The van der Waals surface area contributed by atoms with Gasteiger partial charge in [-0.15, -0.1) is 12.4 Å². The molecule has 0 radical (unpaired) electrons. The summed E-state index contributed by atoms with van der Waals surface area (Å²) in [6, 6.07) is 5.09. The molecule has 1 heterocycles. The third-order valence-electron chi connectivity index (χ3n) is 3.42. The molecule has 2 unspecified atom stereocenters. The number of hydrogen-bond acceptors (Lipinski definition) is 2. The first kappa shape index (κ1) is 16.6. The maximum Gasteiger partial charge on any atom is 0.253 e. The molecule has 2 N–H and O–H groups in total. The molecule has 2 atom stereocenters. The number of carbonyl (C=O) groups excluding carboxylic acids is 1. The maximum absolute atomic E-state index is 12.3. The van der Waals surface area contributed by atoms with Crippen molar-refractivity contribution in [2.24, 2.45) is 11.7 Å². The lowest BCUT2D eigenvalue weighted by molar-refractivity contribution is 0.0786.